The van der Waals surface area contributed by atoms with Gasteiger partial charge < -0.3 is 10.1 Å². The number of rotatable bonds is 7. The van der Waals surface area contributed by atoms with Crippen molar-refractivity contribution in [3.8, 4) is 6.07 Å². The van der Waals surface area contributed by atoms with E-state index in [0.717, 1.165) is 11.0 Å². The Morgan fingerprint density at radius 3 is 2.91 bits per heavy atom. The van der Waals surface area contributed by atoms with Crippen LogP contribution in [0.1, 0.15) is 19.0 Å². The second-order valence-corrected chi connectivity index (χ2v) is 4.76. The molecule has 0 bridgehead atoms. The van der Waals surface area contributed by atoms with Crippen LogP contribution < -0.4 is 5.32 Å². The van der Waals surface area contributed by atoms with Crippen molar-refractivity contribution >= 4 is 23.0 Å². The standard InChI is InChI=1S/C17H18N4O2/c1-2-23-9-5-8-19-17(22)13(11-18)10-14-12-20-15-6-3-4-7-16(15)21-14/h3-4,6-7,10,12H,2,5,8-9H2,1H3,(H,19,22)/b13-10+. The minimum Gasteiger partial charge on any atom is -0.382 e. The quantitative estimate of drug-likeness (QED) is 0.480. The van der Waals surface area contributed by atoms with Crippen molar-refractivity contribution in [1.82, 2.24) is 15.3 Å². The van der Waals surface area contributed by atoms with Crippen LogP contribution in [0.4, 0.5) is 0 Å². The number of carbonyl (C=O) groups is 1. The normalized spacial score (nSPS) is 11.2. The maximum absolute atomic E-state index is 12.0. The van der Waals surface area contributed by atoms with Gasteiger partial charge >= 0.3 is 0 Å². The van der Waals surface area contributed by atoms with E-state index in [1.807, 2.05) is 37.3 Å². The molecule has 0 radical (unpaired) electrons. The number of hydrogen-bond donors (Lipinski definition) is 1. The molecule has 2 aromatic rings. The van der Waals surface area contributed by atoms with E-state index in [-0.39, 0.29) is 5.57 Å². The summed E-state index contributed by atoms with van der Waals surface area (Å²) >= 11 is 0. The van der Waals surface area contributed by atoms with Crippen molar-refractivity contribution < 1.29 is 9.53 Å². The summed E-state index contributed by atoms with van der Waals surface area (Å²) < 4.78 is 5.19. The van der Waals surface area contributed by atoms with E-state index in [2.05, 4.69) is 15.3 Å². The van der Waals surface area contributed by atoms with Crippen LogP contribution in [0.3, 0.4) is 0 Å². The number of ether oxygens (including phenoxy) is 1. The number of hydrogen-bond acceptors (Lipinski definition) is 5. The SMILES string of the molecule is CCOCCCNC(=O)/C(C#N)=C/c1cnc2ccccc2n1. The summed E-state index contributed by atoms with van der Waals surface area (Å²) in [4.78, 5) is 20.6. The van der Waals surface area contributed by atoms with Gasteiger partial charge in [0, 0.05) is 19.8 Å². The number of nitrogens with zero attached hydrogens (tertiary/aromatic N) is 3. The van der Waals surface area contributed by atoms with Crippen molar-refractivity contribution in [3.63, 3.8) is 0 Å². The Bertz CT molecular complexity index is 750. The van der Waals surface area contributed by atoms with E-state index in [9.17, 15) is 4.79 Å². The van der Waals surface area contributed by atoms with Gasteiger partial charge in [0.25, 0.3) is 5.91 Å². The lowest BCUT2D eigenvalue weighted by Crippen LogP contribution is -2.26. The molecular formula is C17H18N4O2. The highest BCUT2D eigenvalue weighted by Crippen LogP contribution is 2.10. The molecule has 1 aromatic carbocycles. The van der Waals surface area contributed by atoms with E-state index >= 15 is 0 Å². The van der Waals surface area contributed by atoms with Crippen LogP contribution in [0.2, 0.25) is 0 Å². The van der Waals surface area contributed by atoms with Crippen LogP contribution in [-0.4, -0.2) is 35.6 Å². The molecule has 2 rings (SSSR count). The van der Waals surface area contributed by atoms with Crippen LogP contribution in [0.5, 0.6) is 0 Å². The average molecular weight is 310 g/mol. The van der Waals surface area contributed by atoms with E-state index in [1.165, 1.54) is 6.08 Å². The van der Waals surface area contributed by atoms with Crippen molar-refractivity contribution in [2.75, 3.05) is 19.8 Å². The topological polar surface area (TPSA) is 87.9 Å². The van der Waals surface area contributed by atoms with Crippen LogP contribution >= 0.6 is 0 Å². The minimum absolute atomic E-state index is 0.00555. The van der Waals surface area contributed by atoms with E-state index in [4.69, 9.17) is 10.00 Å². The third kappa shape index (κ3) is 4.87. The van der Waals surface area contributed by atoms with Gasteiger partial charge in [-0.3, -0.25) is 9.78 Å². The third-order valence-corrected chi connectivity index (χ3v) is 3.08. The first kappa shape index (κ1) is 16.6. The summed E-state index contributed by atoms with van der Waals surface area (Å²) in [5.74, 6) is -0.418. The molecule has 0 saturated carbocycles. The lowest BCUT2D eigenvalue weighted by molar-refractivity contribution is -0.117. The first-order chi connectivity index (χ1) is 11.2. The molecule has 1 N–H and O–H groups in total. The number of carbonyl (C=O) groups excluding carboxylic acids is 1. The number of amides is 1. The smallest absolute Gasteiger partial charge is 0.262 e. The van der Waals surface area contributed by atoms with Gasteiger partial charge in [0.2, 0.25) is 0 Å². The zero-order valence-corrected chi connectivity index (χ0v) is 13.0. The molecule has 0 aliphatic heterocycles. The average Bonchev–Trinajstić information content (AvgIpc) is 2.59. The number of nitriles is 1. The largest absolute Gasteiger partial charge is 0.382 e. The van der Waals surface area contributed by atoms with Crippen LogP contribution in [0.25, 0.3) is 17.1 Å². The number of aromatic nitrogens is 2. The second kappa shape index (κ2) is 8.61. The lowest BCUT2D eigenvalue weighted by Gasteiger charge is -2.04. The lowest BCUT2D eigenvalue weighted by atomic mass is 10.2. The van der Waals surface area contributed by atoms with Crippen molar-refractivity contribution in [2.24, 2.45) is 0 Å². The highest BCUT2D eigenvalue weighted by atomic mass is 16.5. The van der Waals surface area contributed by atoms with Gasteiger partial charge in [0.1, 0.15) is 11.6 Å². The first-order valence-electron chi connectivity index (χ1n) is 7.44. The molecule has 6 heteroatoms. The fourth-order valence-corrected chi connectivity index (χ4v) is 1.95. The molecule has 0 aliphatic carbocycles. The molecule has 0 atom stereocenters. The molecule has 0 fully saturated rings. The number of para-hydroxylation sites is 2. The molecule has 1 heterocycles. The van der Waals surface area contributed by atoms with Crippen molar-refractivity contribution in [2.45, 2.75) is 13.3 Å². The van der Waals surface area contributed by atoms with Gasteiger partial charge in [-0.15, -0.1) is 0 Å². The Morgan fingerprint density at radius 1 is 1.39 bits per heavy atom. The fourth-order valence-electron chi connectivity index (χ4n) is 1.95. The fraction of sp³-hybridized carbons (Fsp3) is 0.294. The summed E-state index contributed by atoms with van der Waals surface area (Å²) in [6.07, 6.45) is 3.69. The van der Waals surface area contributed by atoms with Gasteiger partial charge in [0.05, 0.1) is 22.9 Å². The van der Waals surface area contributed by atoms with Gasteiger partial charge in [0.15, 0.2) is 0 Å². The Labute approximate surface area is 134 Å². The number of nitrogens with one attached hydrogen (secondary N) is 1. The van der Waals surface area contributed by atoms with E-state index in [0.29, 0.717) is 31.9 Å². The molecule has 0 saturated heterocycles. The monoisotopic (exact) mass is 310 g/mol. The van der Waals surface area contributed by atoms with E-state index in [1.54, 1.807) is 6.20 Å². The van der Waals surface area contributed by atoms with Gasteiger partial charge in [-0.25, -0.2) is 4.98 Å². The molecule has 0 spiro atoms. The highest BCUT2D eigenvalue weighted by molar-refractivity contribution is 6.01. The molecule has 6 nitrogen and oxygen atoms in total. The molecule has 0 aliphatic rings. The highest BCUT2D eigenvalue weighted by Gasteiger charge is 2.09. The molecule has 23 heavy (non-hydrogen) atoms. The Morgan fingerprint density at radius 2 is 2.17 bits per heavy atom. The first-order valence-corrected chi connectivity index (χ1v) is 7.44. The molecule has 1 aromatic heterocycles. The molecule has 0 unspecified atom stereocenters. The van der Waals surface area contributed by atoms with Gasteiger partial charge in [-0.1, -0.05) is 12.1 Å². The second-order valence-electron chi connectivity index (χ2n) is 4.76. The maximum atomic E-state index is 12.0. The van der Waals surface area contributed by atoms with Crippen LogP contribution in [0.15, 0.2) is 36.0 Å². The van der Waals surface area contributed by atoms with Crippen molar-refractivity contribution in [1.29, 1.82) is 5.26 Å². The zero-order chi connectivity index (χ0) is 16.5. The molecular weight excluding hydrogens is 292 g/mol. The van der Waals surface area contributed by atoms with Crippen LogP contribution in [0, 0.1) is 11.3 Å². The minimum atomic E-state index is -0.418. The molecule has 118 valence electrons. The van der Waals surface area contributed by atoms with Crippen LogP contribution in [-0.2, 0) is 9.53 Å². The summed E-state index contributed by atoms with van der Waals surface area (Å²) in [5.41, 5.74) is 1.97. The summed E-state index contributed by atoms with van der Waals surface area (Å²) in [6, 6.07) is 9.33. The number of fused-ring (bicyclic) bond motifs is 1. The summed E-state index contributed by atoms with van der Waals surface area (Å²) in [7, 11) is 0. The predicted molar refractivity (Wildman–Crippen MR) is 87.2 cm³/mol. The Kier molecular flexibility index (Phi) is 6.21. The van der Waals surface area contributed by atoms with Gasteiger partial charge in [-0.05, 0) is 31.6 Å². The summed E-state index contributed by atoms with van der Waals surface area (Å²) in [6.45, 7) is 3.61. The summed E-state index contributed by atoms with van der Waals surface area (Å²) in [5, 5.41) is 11.9. The number of benzene rings is 1. The predicted octanol–water partition coefficient (Wildman–Crippen LogP) is 2.08. The Balaban J connectivity index is 2.04. The Hall–Kier alpha value is -2.78. The van der Waals surface area contributed by atoms with Gasteiger partial charge in [-0.2, -0.15) is 5.26 Å². The van der Waals surface area contributed by atoms with E-state index < -0.39 is 5.91 Å². The van der Waals surface area contributed by atoms with Crippen molar-refractivity contribution in [3.05, 3.63) is 41.7 Å². The maximum Gasteiger partial charge on any atom is 0.262 e. The zero-order valence-electron chi connectivity index (χ0n) is 13.0. The third-order valence-electron chi connectivity index (χ3n) is 3.08. The molecule has 1 amide bonds.